The first kappa shape index (κ1) is 15.6. The number of hydrogen-bond acceptors (Lipinski definition) is 3. The van der Waals surface area contributed by atoms with Crippen molar-refractivity contribution < 1.29 is 8.42 Å². The molecule has 0 fully saturated rings. The van der Waals surface area contributed by atoms with Crippen LogP contribution < -0.4 is 4.72 Å². The standard InChI is InChI=1S/C17H19N3O2S/c1-4-23(21,22)20-16-6-5-13(11(2)12(16)3)14-7-9-18-17-15(14)8-10-19-17/h5-10,20H,4H2,1-3H3,(H,18,19). The predicted octanol–water partition coefficient (Wildman–Crippen LogP) is 3.61. The Bertz CT molecular complexity index is 975. The highest BCUT2D eigenvalue weighted by molar-refractivity contribution is 7.92. The predicted molar refractivity (Wildman–Crippen MR) is 94.1 cm³/mol. The van der Waals surface area contributed by atoms with E-state index in [0.29, 0.717) is 5.69 Å². The van der Waals surface area contributed by atoms with Crippen LogP contribution in [0.25, 0.3) is 22.2 Å². The van der Waals surface area contributed by atoms with E-state index in [0.717, 1.165) is 33.3 Å². The van der Waals surface area contributed by atoms with Crippen LogP contribution in [0.2, 0.25) is 0 Å². The number of pyridine rings is 1. The Morgan fingerprint density at radius 3 is 2.61 bits per heavy atom. The van der Waals surface area contributed by atoms with E-state index >= 15 is 0 Å². The Morgan fingerprint density at radius 2 is 1.87 bits per heavy atom. The van der Waals surface area contributed by atoms with Crippen molar-refractivity contribution in [2.24, 2.45) is 0 Å². The molecular formula is C17H19N3O2S. The van der Waals surface area contributed by atoms with E-state index in [1.54, 1.807) is 13.1 Å². The summed E-state index contributed by atoms with van der Waals surface area (Å²) in [5, 5.41) is 1.05. The number of hydrogen-bond donors (Lipinski definition) is 2. The third-order valence-corrected chi connectivity index (χ3v) is 5.47. The van der Waals surface area contributed by atoms with Gasteiger partial charge in [-0.15, -0.1) is 0 Å². The fourth-order valence-corrected chi connectivity index (χ4v) is 3.36. The van der Waals surface area contributed by atoms with Crippen LogP contribution >= 0.6 is 0 Å². The van der Waals surface area contributed by atoms with Gasteiger partial charge in [0, 0.05) is 17.8 Å². The van der Waals surface area contributed by atoms with E-state index in [2.05, 4.69) is 14.7 Å². The first-order valence-corrected chi connectivity index (χ1v) is 9.11. The number of aromatic amines is 1. The molecule has 0 saturated heterocycles. The van der Waals surface area contributed by atoms with Crippen LogP contribution in [-0.4, -0.2) is 24.1 Å². The number of H-pyrrole nitrogens is 1. The van der Waals surface area contributed by atoms with Crippen LogP contribution in [0.3, 0.4) is 0 Å². The van der Waals surface area contributed by atoms with Crippen molar-refractivity contribution in [2.45, 2.75) is 20.8 Å². The van der Waals surface area contributed by atoms with Gasteiger partial charge in [-0.05, 0) is 61.2 Å². The Hall–Kier alpha value is -2.34. The number of aromatic nitrogens is 2. The maximum atomic E-state index is 11.8. The molecule has 1 aromatic carbocycles. The highest BCUT2D eigenvalue weighted by atomic mass is 32.2. The summed E-state index contributed by atoms with van der Waals surface area (Å²) in [5.74, 6) is 0.0571. The lowest BCUT2D eigenvalue weighted by atomic mass is 9.95. The molecule has 0 saturated carbocycles. The van der Waals surface area contributed by atoms with E-state index < -0.39 is 10.0 Å². The minimum atomic E-state index is -3.28. The lowest BCUT2D eigenvalue weighted by Crippen LogP contribution is -2.15. The van der Waals surface area contributed by atoms with Gasteiger partial charge in [-0.3, -0.25) is 4.72 Å². The molecule has 5 nitrogen and oxygen atoms in total. The van der Waals surface area contributed by atoms with Crippen LogP contribution in [0.15, 0.2) is 36.7 Å². The summed E-state index contributed by atoms with van der Waals surface area (Å²) in [4.78, 5) is 7.42. The Kier molecular flexibility index (Phi) is 3.85. The van der Waals surface area contributed by atoms with E-state index in [1.165, 1.54) is 0 Å². The fourth-order valence-electron chi connectivity index (χ4n) is 2.66. The van der Waals surface area contributed by atoms with Gasteiger partial charge < -0.3 is 4.98 Å². The molecule has 120 valence electrons. The number of nitrogens with one attached hydrogen (secondary N) is 2. The summed E-state index contributed by atoms with van der Waals surface area (Å²) >= 11 is 0. The van der Waals surface area contributed by atoms with Gasteiger partial charge in [-0.1, -0.05) is 6.07 Å². The van der Waals surface area contributed by atoms with E-state index in [4.69, 9.17) is 0 Å². The van der Waals surface area contributed by atoms with E-state index in [9.17, 15) is 8.42 Å². The largest absolute Gasteiger partial charge is 0.346 e. The van der Waals surface area contributed by atoms with Crippen LogP contribution in [-0.2, 0) is 10.0 Å². The van der Waals surface area contributed by atoms with E-state index in [1.807, 2.05) is 44.3 Å². The molecule has 0 spiro atoms. The highest BCUT2D eigenvalue weighted by Crippen LogP contribution is 2.33. The molecule has 2 heterocycles. The average molecular weight is 329 g/mol. The minimum absolute atomic E-state index is 0.0571. The monoisotopic (exact) mass is 329 g/mol. The summed E-state index contributed by atoms with van der Waals surface area (Å²) in [6.07, 6.45) is 3.64. The van der Waals surface area contributed by atoms with Gasteiger partial charge in [0.2, 0.25) is 10.0 Å². The SMILES string of the molecule is CCS(=O)(=O)Nc1ccc(-c2ccnc3[nH]ccc23)c(C)c1C. The zero-order valence-electron chi connectivity index (χ0n) is 13.3. The number of fused-ring (bicyclic) bond motifs is 1. The summed E-state index contributed by atoms with van der Waals surface area (Å²) in [7, 11) is -3.28. The number of benzene rings is 1. The van der Waals surface area contributed by atoms with Gasteiger partial charge >= 0.3 is 0 Å². The summed E-state index contributed by atoms with van der Waals surface area (Å²) in [6, 6.07) is 7.76. The molecule has 0 amide bonds. The summed E-state index contributed by atoms with van der Waals surface area (Å²) < 4.78 is 26.2. The molecule has 2 aromatic heterocycles. The summed E-state index contributed by atoms with van der Waals surface area (Å²) in [6.45, 7) is 5.56. The zero-order chi connectivity index (χ0) is 16.6. The molecular weight excluding hydrogens is 310 g/mol. The van der Waals surface area contributed by atoms with Crippen molar-refractivity contribution in [3.8, 4) is 11.1 Å². The molecule has 23 heavy (non-hydrogen) atoms. The number of nitrogens with zero attached hydrogens (tertiary/aromatic N) is 1. The van der Waals surface area contributed by atoms with Crippen molar-refractivity contribution in [3.63, 3.8) is 0 Å². The van der Waals surface area contributed by atoms with Gasteiger partial charge in [-0.2, -0.15) is 0 Å². The topological polar surface area (TPSA) is 74.8 Å². The first-order chi connectivity index (χ1) is 10.9. The van der Waals surface area contributed by atoms with Gasteiger partial charge in [0.25, 0.3) is 0 Å². The summed E-state index contributed by atoms with van der Waals surface area (Å²) in [5.41, 5.74) is 5.62. The molecule has 0 aliphatic carbocycles. The van der Waals surface area contributed by atoms with Crippen molar-refractivity contribution in [2.75, 3.05) is 10.5 Å². The lowest BCUT2D eigenvalue weighted by molar-refractivity contribution is 0.602. The first-order valence-electron chi connectivity index (χ1n) is 7.46. The van der Waals surface area contributed by atoms with Crippen LogP contribution in [0.4, 0.5) is 5.69 Å². The van der Waals surface area contributed by atoms with Crippen molar-refractivity contribution in [1.29, 1.82) is 0 Å². The Labute approximate surface area is 135 Å². The number of sulfonamides is 1. The van der Waals surface area contributed by atoms with Crippen LogP contribution in [0.5, 0.6) is 0 Å². The molecule has 0 unspecified atom stereocenters. The number of rotatable bonds is 4. The van der Waals surface area contributed by atoms with Crippen LogP contribution in [0, 0.1) is 13.8 Å². The van der Waals surface area contributed by atoms with Gasteiger partial charge in [-0.25, -0.2) is 13.4 Å². The molecule has 0 atom stereocenters. The lowest BCUT2D eigenvalue weighted by Gasteiger charge is -2.15. The van der Waals surface area contributed by atoms with Gasteiger partial charge in [0.15, 0.2) is 0 Å². The normalized spacial score (nSPS) is 11.8. The molecule has 3 rings (SSSR count). The smallest absolute Gasteiger partial charge is 0.232 e. The van der Waals surface area contributed by atoms with Gasteiger partial charge in [0.05, 0.1) is 11.4 Å². The Morgan fingerprint density at radius 1 is 1.09 bits per heavy atom. The molecule has 0 bridgehead atoms. The molecule has 0 aliphatic rings. The van der Waals surface area contributed by atoms with Crippen molar-refractivity contribution in [1.82, 2.24) is 9.97 Å². The maximum Gasteiger partial charge on any atom is 0.232 e. The molecule has 6 heteroatoms. The quantitative estimate of drug-likeness (QED) is 0.768. The number of anilines is 1. The third kappa shape index (κ3) is 2.82. The second-order valence-electron chi connectivity index (χ2n) is 5.51. The van der Waals surface area contributed by atoms with Crippen LogP contribution in [0.1, 0.15) is 18.1 Å². The van der Waals surface area contributed by atoms with Gasteiger partial charge in [0.1, 0.15) is 5.65 Å². The fraction of sp³-hybridized carbons (Fsp3) is 0.235. The van der Waals surface area contributed by atoms with Crippen molar-refractivity contribution in [3.05, 3.63) is 47.8 Å². The molecule has 0 radical (unpaired) electrons. The van der Waals surface area contributed by atoms with Crippen molar-refractivity contribution >= 4 is 26.7 Å². The molecule has 0 aliphatic heterocycles. The third-order valence-electron chi connectivity index (χ3n) is 4.18. The molecule has 3 aromatic rings. The highest BCUT2D eigenvalue weighted by Gasteiger charge is 2.14. The minimum Gasteiger partial charge on any atom is -0.346 e. The maximum absolute atomic E-state index is 11.8. The average Bonchev–Trinajstić information content (AvgIpc) is 3.01. The Balaban J connectivity index is 2.13. The zero-order valence-corrected chi connectivity index (χ0v) is 14.2. The van der Waals surface area contributed by atoms with E-state index in [-0.39, 0.29) is 5.75 Å². The second-order valence-corrected chi connectivity index (χ2v) is 7.53. The molecule has 2 N–H and O–H groups in total. The second kappa shape index (κ2) is 5.70.